The van der Waals surface area contributed by atoms with E-state index in [0.29, 0.717) is 32.8 Å². The minimum Gasteiger partial charge on any atom is -0.271 e. The molecule has 2 spiro atoms. The van der Waals surface area contributed by atoms with Crippen molar-refractivity contribution < 1.29 is 14.5 Å². The summed E-state index contributed by atoms with van der Waals surface area (Å²) in [5.41, 5.74) is -1.20. The molecule has 0 saturated heterocycles. The van der Waals surface area contributed by atoms with Gasteiger partial charge in [-0.2, -0.15) is 20.2 Å². The fourth-order valence-electron chi connectivity index (χ4n) is 6.12. The molecule has 190 valence electrons. The first kappa shape index (κ1) is 24.3. The maximum Gasteiger partial charge on any atom is 0.272 e. The van der Waals surface area contributed by atoms with Crippen molar-refractivity contribution in [2.24, 2.45) is 21.0 Å². The number of hydrogen-bond acceptors (Lipinski definition) is 6. The molecule has 1 fully saturated rings. The van der Waals surface area contributed by atoms with Crippen LogP contribution in [0.25, 0.3) is 0 Å². The van der Waals surface area contributed by atoms with Crippen LogP contribution in [0.3, 0.4) is 0 Å². The van der Waals surface area contributed by atoms with Gasteiger partial charge in [-0.15, -0.1) is 0 Å². The second-order valence-electron chi connectivity index (χ2n) is 9.42. The van der Waals surface area contributed by atoms with Gasteiger partial charge in [0.15, 0.2) is 0 Å². The van der Waals surface area contributed by atoms with E-state index in [0.717, 1.165) is 0 Å². The van der Waals surface area contributed by atoms with Gasteiger partial charge in [0, 0.05) is 27.6 Å². The number of carbonyl (C=O) groups excluding carboxylic acids is 2. The molecule has 38 heavy (non-hydrogen) atoms. The quantitative estimate of drug-likeness (QED) is 0.303. The van der Waals surface area contributed by atoms with Crippen molar-refractivity contribution >= 4 is 63.5 Å². The average Bonchev–Trinajstić information content (AvgIpc) is 3.38. The molecule has 0 N–H and O–H groups in total. The molecule has 2 atom stereocenters. The van der Waals surface area contributed by atoms with Crippen molar-refractivity contribution in [1.82, 2.24) is 0 Å². The zero-order chi connectivity index (χ0) is 27.0. The Labute approximate surface area is 227 Å². The SMILES string of the molecule is CC1=NN(c2ccc(Cl)cc2)C(=O)C12C(c1ccccc1[N+](=O)[O-])C21C(=O)N(c2ccc(Cl)cc2)N=C1C. The van der Waals surface area contributed by atoms with Crippen LogP contribution in [-0.4, -0.2) is 28.2 Å². The van der Waals surface area contributed by atoms with Crippen LogP contribution in [0.2, 0.25) is 10.0 Å². The van der Waals surface area contributed by atoms with Gasteiger partial charge in [-0.1, -0.05) is 41.4 Å². The molecule has 2 aliphatic heterocycles. The number of rotatable bonds is 4. The highest BCUT2D eigenvalue weighted by molar-refractivity contribution is 6.37. The molecule has 2 heterocycles. The lowest BCUT2D eigenvalue weighted by molar-refractivity contribution is -0.385. The minimum atomic E-state index is -1.50. The van der Waals surface area contributed by atoms with Gasteiger partial charge in [0.25, 0.3) is 17.5 Å². The molecule has 9 nitrogen and oxygen atoms in total. The van der Waals surface area contributed by atoms with Crippen LogP contribution in [0.15, 0.2) is 83.0 Å². The first-order chi connectivity index (χ1) is 18.1. The molecule has 11 heteroatoms. The number of hydrogen-bond donors (Lipinski definition) is 0. The van der Waals surface area contributed by atoms with Crippen molar-refractivity contribution in [3.8, 4) is 0 Å². The fourth-order valence-corrected chi connectivity index (χ4v) is 6.37. The summed E-state index contributed by atoms with van der Waals surface area (Å²) >= 11 is 12.1. The Morgan fingerprint density at radius 2 is 1.18 bits per heavy atom. The Morgan fingerprint density at radius 3 is 1.61 bits per heavy atom. The van der Waals surface area contributed by atoms with E-state index >= 15 is 0 Å². The Hall–Kier alpha value is -4.08. The topological polar surface area (TPSA) is 108 Å². The van der Waals surface area contributed by atoms with E-state index in [1.807, 2.05) is 0 Å². The van der Waals surface area contributed by atoms with Crippen molar-refractivity contribution in [3.05, 3.63) is 98.5 Å². The molecule has 1 aliphatic carbocycles. The maximum absolute atomic E-state index is 14.4. The first-order valence-corrected chi connectivity index (χ1v) is 12.5. The van der Waals surface area contributed by atoms with Crippen LogP contribution in [0.1, 0.15) is 25.3 Å². The number of carbonyl (C=O) groups is 2. The maximum atomic E-state index is 14.4. The summed E-state index contributed by atoms with van der Waals surface area (Å²) in [5, 5.41) is 24.7. The van der Waals surface area contributed by atoms with E-state index in [4.69, 9.17) is 23.2 Å². The zero-order valence-corrected chi connectivity index (χ0v) is 21.6. The van der Waals surface area contributed by atoms with Gasteiger partial charge in [0.05, 0.1) is 27.7 Å². The van der Waals surface area contributed by atoms with Gasteiger partial charge in [-0.05, 0) is 62.4 Å². The van der Waals surface area contributed by atoms with Crippen LogP contribution >= 0.6 is 23.2 Å². The normalized spacial score (nSPS) is 25.8. The van der Waals surface area contributed by atoms with Gasteiger partial charge in [-0.3, -0.25) is 19.7 Å². The third kappa shape index (κ3) is 2.94. The van der Waals surface area contributed by atoms with Crippen LogP contribution in [0.5, 0.6) is 0 Å². The number of nitro benzene ring substituents is 1. The molecule has 3 aliphatic rings. The van der Waals surface area contributed by atoms with Gasteiger partial charge >= 0.3 is 0 Å². The predicted octanol–water partition coefficient (Wildman–Crippen LogP) is 5.82. The summed E-state index contributed by atoms with van der Waals surface area (Å²) in [6.07, 6.45) is 0. The van der Waals surface area contributed by atoms with Gasteiger partial charge in [0.1, 0.15) is 10.8 Å². The second kappa shape index (κ2) is 8.21. The summed E-state index contributed by atoms with van der Waals surface area (Å²) in [5.74, 6) is -1.80. The van der Waals surface area contributed by atoms with Crippen LogP contribution in [0, 0.1) is 20.9 Å². The number of anilines is 2. The molecule has 2 amide bonds. The van der Waals surface area contributed by atoms with E-state index in [1.54, 1.807) is 80.6 Å². The average molecular weight is 548 g/mol. The molecule has 3 aromatic rings. The number of fused-ring (bicyclic) bond motifs is 1. The Bertz CT molecular complexity index is 1510. The number of benzene rings is 3. The minimum absolute atomic E-state index is 0.176. The Morgan fingerprint density at radius 1 is 0.763 bits per heavy atom. The standard InChI is InChI=1S/C27H19Cl2N5O4/c1-15-26(24(35)32(30-15)19-11-7-17(28)8-12-19)23(21-5-3-4-6-22(21)34(37)38)27(26)16(2)31-33(25(27)36)20-13-9-18(29)10-14-20/h3-14,23H,1-2H3. The molecule has 3 aromatic carbocycles. The lowest BCUT2D eigenvalue weighted by Gasteiger charge is -2.19. The lowest BCUT2D eigenvalue weighted by Crippen LogP contribution is -2.40. The molecular weight excluding hydrogens is 529 g/mol. The van der Waals surface area contributed by atoms with Crippen LogP contribution in [0.4, 0.5) is 17.1 Å². The number of nitrogens with zero attached hydrogens (tertiary/aromatic N) is 5. The van der Waals surface area contributed by atoms with E-state index in [2.05, 4.69) is 10.2 Å². The molecule has 0 bridgehead atoms. The smallest absolute Gasteiger partial charge is 0.271 e. The van der Waals surface area contributed by atoms with E-state index in [9.17, 15) is 19.7 Å². The summed E-state index contributed by atoms with van der Waals surface area (Å²) in [4.78, 5) is 40.3. The highest BCUT2D eigenvalue weighted by atomic mass is 35.5. The van der Waals surface area contributed by atoms with Gasteiger partial charge < -0.3 is 0 Å². The highest BCUT2D eigenvalue weighted by Gasteiger charge is 2.91. The molecule has 2 unspecified atom stereocenters. The molecule has 0 radical (unpaired) electrons. The van der Waals surface area contributed by atoms with Crippen molar-refractivity contribution in [2.45, 2.75) is 19.8 Å². The molecule has 0 aromatic heterocycles. The Kier molecular flexibility index (Phi) is 5.24. The summed E-state index contributed by atoms with van der Waals surface area (Å²) in [7, 11) is 0. The number of amides is 2. The summed E-state index contributed by atoms with van der Waals surface area (Å²) in [6, 6.07) is 19.4. The van der Waals surface area contributed by atoms with E-state index < -0.39 is 33.5 Å². The number of hydrazone groups is 2. The third-order valence-electron chi connectivity index (χ3n) is 7.69. The third-order valence-corrected chi connectivity index (χ3v) is 8.20. The van der Waals surface area contributed by atoms with Crippen molar-refractivity contribution in [3.63, 3.8) is 0 Å². The lowest BCUT2D eigenvalue weighted by atomic mass is 9.85. The molecule has 6 rings (SSSR count). The Balaban J connectivity index is 1.55. The summed E-state index contributed by atoms with van der Waals surface area (Å²) in [6.45, 7) is 3.35. The summed E-state index contributed by atoms with van der Waals surface area (Å²) < 4.78 is 0. The highest BCUT2D eigenvalue weighted by Crippen LogP contribution is 2.80. The van der Waals surface area contributed by atoms with Gasteiger partial charge in [0.2, 0.25) is 0 Å². The number of para-hydroxylation sites is 1. The molecule has 1 saturated carbocycles. The van der Waals surface area contributed by atoms with Crippen LogP contribution < -0.4 is 10.0 Å². The van der Waals surface area contributed by atoms with E-state index in [-0.39, 0.29) is 11.3 Å². The second-order valence-corrected chi connectivity index (χ2v) is 10.3. The van der Waals surface area contributed by atoms with E-state index in [1.165, 1.54) is 16.1 Å². The monoisotopic (exact) mass is 547 g/mol. The van der Waals surface area contributed by atoms with Crippen molar-refractivity contribution in [2.75, 3.05) is 10.0 Å². The largest absolute Gasteiger partial charge is 0.272 e. The van der Waals surface area contributed by atoms with Crippen LogP contribution in [-0.2, 0) is 9.59 Å². The zero-order valence-electron chi connectivity index (χ0n) is 20.1. The number of nitro groups is 1. The molecular formula is C27H19Cl2N5O4. The number of halogens is 2. The predicted molar refractivity (Wildman–Crippen MR) is 145 cm³/mol. The van der Waals surface area contributed by atoms with Crippen molar-refractivity contribution in [1.29, 1.82) is 0 Å². The van der Waals surface area contributed by atoms with Gasteiger partial charge in [-0.25, -0.2) is 0 Å². The first-order valence-electron chi connectivity index (χ1n) is 11.7. The fraction of sp³-hybridized carbons (Fsp3) is 0.185.